The number of ether oxygens (including phenoxy) is 1. The summed E-state index contributed by atoms with van der Waals surface area (Å²) in [5.41, 5.74) is 12.5. The predicted octanol–water partition coefficient (Wildman–Crippen LogP) is -0.0198. The molecule has 3 heterocycles. The van der Waals surface area contributed by atoms with Crippen molar-refractivity contribution >= 4 is 22.9 Å². The maximum absolute atomic E-state index is 10.1. The molecule has 144 valence electrons. The van der Waals surface area contributed by atoms with Crippen molar-refractivity contribution in [2.45, 2.75) is 50.5 Å². The predicted molar refractivity (Wildman–Crippen MR) is 97.4 cm³/mol. The van der Waals surface area contributed by atoms with E-state index in [0.29, 0.717) is 30.1 Å². The number of hydrogen-bond donors (Lipinski definition) is 5. The molecule has 10 nitrogen and oxygen atoms in total. The fourth-order valence-electron chi connectivity index (χ4n) is 3.18. The van der Waals surface area contributed by atoms with E-state index in [0.717, 1.165) is 32.2 Å². The Bertz CT molecular complexity index is 723. The molecule has 1 saturated heterocycles. The minimum atomic E-state index is -0.745. The molecule has 0 unspecified atom stereocenters. The van der Waals surface area contributed by atoms with Gasteiger partial charge in [-0.3, -0.25) is 4.57 Å². The first kappa shape index (κ1) is 18.8. The van der Waals surface area contributed by atoms with Crippen LogP contribution >= 0.6 is 0 Å². The first-order valence-electron chi connectivity index (χ1n) is 9.02. The average molecular weight is 365 g/mol. The second-order valence-corrected chi connectivity index (χ2v) is 6.48. The third kappa shape index (κ3) is 3.88. The molecule has 2 aromatic rings. The van der Waals surface area contributed by atoms with Gasteiger partial charge in [0.15, 0.2) is 17.0 Å². The first-order chi connectivity index (χ1) is 12.7. The molecule has 3 atom stereocenters. The van der Waals surface area contributed by atoms with Gasteiger partial charge in [-0.1, -0.05) is 12.8 Å². The molecule has 10 heteroatoms. The van der Waals surface area contributed by atoms with Crippen molar-refractivity contribution in [3.63, 3.8) is 0 Å². The standard InChI is InChI=1S/C16H27N7O3/c17-5-3-1-2-4-6-19-16-22-13-14(18)20-9-21-15(13)23(16)12-7-10(25)11(8-24)26-12/h9-12,24-25H,1-8,17H2,(H,19,22)(H2,18,20,21)/t10-,11+,12+/m0/s1. The lowest BCUT2D eigenvalue weighted by Crippen LogP contribution is -2.24. The number of aliphatic hydroxyl groups excluding tert-OH is 2. The Kier molecular flexibility index (Phi) is 6.20. The molecule has 1 aliphatic rings. The van der Waals surface area contributed by atoms with Gasteiger partial charge in [0.2, 0.25) is 5.95 Å². The molecule has 2 aromatic heterocycles. The number of nitrogens with zero attached hydrogens (tertiary/aromatic N) is 4. The van der Waals surface area contributed by atoms with Crippen molar-refractivity contribution in [1.29, 1.82) is 0 Å². The van der Waals surface area contributed by atoms with E-state index >= 15 is 0 Å². The van der Waals surface area contributed by atoms with Crippen LogP contribution in [0, 0.1) is 0 Å². The van der Waals surface area contributed by atoms with Gasteiger partial charge < -0.3 is 31.7 Å². The number of anilines is 2. The minimum Gasteiger partial charge on any atom is -0.394 e. The van der Waals surface area contributed by atoms with E-state index in [-0.39, 0.29) is 12.4 Å². The number of nitrogens with one attached hydrogen (secondary N) is 1. The lowest BCUT2D eigenvalue weighted by molar-refractivity contribution is -0.0425. The lowest BCUT2D eigenvalue weighted by atomic mass is 10.2. The van der Waals surface area contributed by atoms with E-state index in [4.69, 9.17) is 16.2 Å². The number of nitrogens with two attached hydrogens (primary N) is 2. The third-order valence-corrected chi connectivity index (χ3v) is 4.59. The Labute approximate surface area is 151 Å². The highest BCUT2D eigenvalue weighted by Crippen LogP contribution is 2.34. The van der Waals surface area contributed by atoms with Crippen LogP contribution in [0.2, 0.25) is 0 Å². The van der Waals surface area contributed by atoms with Crippen LogP contribution in [0.4, 0.5) is 11.8 Å². The summed E-state index contributed by atoms with van der Waals surface area (Å²) in [5.74, 6) is 0.860. The zero-order valence-electron chi connectivity index (χ0n) is 14.7. The first-order valence-corrected chi connectivity index (χ1v) is 9.02. The minimum absolute atomic E-state index is 0.245. The van der Waals surface area contributed by atoms with Crippen molar-refractivity contribution < 1.29 is 14.9 Å². The van der Waals surface area contributed by atoms with E-state index in [9.17, 15) is 10.2 Å². The van der Waals surface area contributed by atoms with Gasteiger partial charge in [0.05, 0.1) is 12.7 Å². The molecule has 1 aliphatic heterocycles. The van der Waals surface area contributed by atoms with Crippen LogP contribution in [0.3, 0.4) is 0 Å². The summed E-state index contributed by atoms with van der Waals surface area (Å²) in [4.78, 5) is 12.8. The van der Waals surface area contributed by atoms with Crippen LogP contribution in [-0.2, 0) is 4.74 Å². The zero-order chi connectivity index (χ0) is 18.5. The second-order valence-electron chi connectivity index (χ2n) is 6.48. The maximum atomic E-state index is 10.1. The van der Waals surface area contributed by atoms with Crippen molar-refractivity contribution in [1.82, 2.24) is 19.5 Å². The number of imidazole rings is 1. The van der Waals surface area contributed by atoms with Crippen LogP contribution in [0.15, 0.2) is 6.33 Å². The maximum Gasteiger partial charge on any atom is 0.207 e. The summed E-state index contributed by atoms with van der Waals surface area (Å²) < 4.78 is 7.57. The number of nitrogen functional groups attached to an aromatic ring is 1. The Morgan fingerprint density at radius 2 is 2.08 bits per heavy atom. The average Bonchev–Trinajstić information content (AvgIpc) is 3.18. The molecule has 0 aliphatic carbocycles. The van der Waals surface area contributed by atoms with E-state index in [1.165, 1.54) is 6.33 Å². The molecule has 0 aromatic carbocycles. The Balaban J connectivity index is 1.79. The van der Waals surface area contributed by atoms with Crippen molar-refractivity contribution in [3.05, 3.63) is 6.33 Å². The molecule has 0 spiro atoms. The molecule has 0 amide bonds. The SMILES string of the molecule is NCCCCCCNc1nc2c(N)ncnc2n1[C@H]1C[C@H](O)[C@@H](CO)O1. The number of fused-ring (bicyclic) bond motifs is 1. The van der Waals surface area contributed by atoms with Gasteiger partial charge >= 0.3 is 0 Å². The van der Waals surface area contributed by atoms with Crippen molar-refractivity contribution in [3.8, 4) is 0 Å². The molecule has 0 radical (unpaired) electrons. The topological polar surface area (TPSA) is 157 Å². The number of aromatic nitrogens is 4. The van der Waals surface area contributed by atoms with E-state index in [2.05, 4.69) is 20.3 Å². The van der Waals surface area contributed by atoms with Gasteiger partial charge in [-0.15, -0.1) is 0 Å². The molecule has 3 rings (SSSR count). The second kappa shape index (κ2) is 8.58. The van der Waals surface area contributed by atoms with Crippen LogP contribution in [0.1, 0.15) is 38.3 Å². The van der Waals surface area contributed by atoms with Crippen LogP contribution in [0.25, 0.3) is 11.2 Å². The highest BCUT2D eigenvalue weighted by atomic mass is 16.5. The van der Waals surface area contributed by atoms with E-state index < -0.39 is 18.4 Å². The highest BCUT2D eigenvalue weighted by Gasteiger charge is 2.36. The third-order valence-electron chi connectivity index (χ3n) is 4.59. The molecular weight excluding hydrogens is 338 g/mol. The molecule has 7 N–H and O–H groups in total. The highest BCUT2D eigenvalue weighted by molar-refractivity contribution is 5.84. The monoisotopic (exact) mass is 365 g/mol. The van der Waals surface area contributed by atoms with Crippen LogP contribution < -0.4 is 16.8 Å². The van der Waals surface area contributed by atoms with Gasteiger partial charge in [0, 0.05) is 13.0 Å². The van der Waals surface area contributed by atoms with Gasteiger partial charge in [0.25, 0.3) is 0 Å². The summed E-state index contributed by atoms with van der Waals surface area (Å²) in [7, 11) is 0. The largest absolute Gasteiger partial charge is 0.394 e. The molecule has 1 fully saturated rings. The smallest absolute Gasteiger partial charge is 0.207 e. The fourth-order valence-corrected chi connectivity index (χ4v) is 3.18. The molecular formula is C16H27N7O3. The van der Waals surface area contributed by atoms with Crippen molar-refractivity contribution in [2.24, 2.45) is 5.73 Å². The summed E-state index contributed by atoms with van der Waals surface area (Å²) >= 11 is 0. The lowest BCUT2D eigenvalue weighted by Gasteiger charge is -2.17. The Morgan fingerprint density at radius 3 is 2.81 bits per heavy atom. The number of rotatable bonds is 9. The van der Waals surface area contributed by atoms with Gasteiger partial charge in [-0.2, -0.15) is 0 Å². The van der Waals surface area contributed by atoms with Crippen LogP contribution in [0.5, 0.6) is 0 Å². The van der Waals surface area contributed by atoms with Crippen LogP contribution in [-0.4, -0.2) is 61.6 Å². The summed E-state index contributed by atoms with van der Waals surface area (Å²) in [6.45, 7) is 1.21. The van der Waals surface area contributed by atoms with E-state index in [1.807, 2.05) is 0 Å². The Morgan fingerprint density at radius 1 is 1.27 bits per heavy atom. The van der Waals surface area contributed by atoms with E-state index in [1.54, 1.807) is 4.57 Å². The molecule has 0 bridgehead atoms. The zero-order valence-corrected chi connectivity index (χ0v) is 14.7. The Hall–Kier alpha value is -2.01. The quantitative estimate of drug-likeness (QED) is 0.385. The van der Waals surface area contributed by atoms with Gasteiger partial charge in [-0.05, 0) is 19.4 Å². The fraction of sp³-hybridized carbons (Fsp3) is 0.688. The van der Waals surface area contributed by atoms with Gasteiger partial charge in [0.1, 0.15) is 18.7 Å². The molecule has 26 heavy (non-hydrogen) atoms. The number of aliphatic hydroxyl groups is 2. The van der Waals surface area contributed by atoms with Crippen molar-refractivity contribution in [2.75, 3.05) is 30.7 Å². The number of unbranched alkanes of at least 4 members (excludes halogenated alkanes) is 3. The van der Waals surface area contributed by atoms with Gasteiger partial charge in [-0.25, -0.2) is 15.0 Å². The normalized spacial score (nSPS) is 23.0. The summed E-state index contributed by atoms with van der Waals surface area (Å²) in [6, 6.07) is 0. The summed E-state index contributed by atoms with van der Waals surface area (Å²) in [5, 5.41) is 22.7. The number of hydrogen-bond acceptors (Lipinski definition) is 9. The molecule has 0 saturated carbocycles. The summed E-state index contributed by atoms with van der Waals surface area (Å²) in [6.07, 6.45) is 4.06.